The number of hydrogen-bond acceptors (Lipinski definition) is 1. The fourth-order valence-corrected chi connectivity index (χ4v) is 2.59. The van der Waals surface area contributed by atoms with Crippen LogP contribution in [0.3, 0.4) is 0 Å². The average molecular weight is 269 g/mol. The Kier molecular flexibility index (Phi) is 3.22. The maximum absolute atomic E-state index is 12.4. The van der Waals surface area contributed by atoms with Crippen molar-refractivity contribution in [3.63, 3.8) is 0 Å². The molecule has 0 bridgehead atoms. The topological polar surface area (TPSA) is 17.1 Å². The molecule has 3 rings (SSSR count). The number of carbonyl (C=O) groups excluding carboxylic acids is 1. The van der Waals surface area contributed by atoms with Gasteiger partial charge in [0.15, 0.2) is 5.78 Å². The predicted octanol–water partition coefficient (Wildman–Crippen LogP) is 4.55. The second kappa shape index (κ2) is 5.02. The van der Waals surface area contributed by atoms with Gasteiger partial charge in [-0.05, 0) is 42.2 Å². The number of allylic oxidation sites excluding steroid dienone is 1. The molecule has 0 spiro atoms. The van der Waals surface area contributed by atoms with Crippen molar-refractivity contribution in [2.75, 3.05) is 0 Å². The molecule has 0 radical (unpaired) electrons. The molecule has 2 heteroatoms. The molecule has 0 aromatic heterocycles. The van der Waals surface area contributed by atoms with Crippen molar-refractivity contribution in [1.29, 1.82) is 0 Å². The number of carbonyl (C=O) groups is 1. The molecule has 2 aromatic carbocycles. The number of benzene rings is 2. The van der Waals surface area contributed by atoms with Crippen molar-refractivity contribution in [3.8, 4) is 0 Å². The molecule has 0 atom stereocenters. The minimum absolute atomic E-state index is 0.104. The third-order valence-electron chi connectivity index (χ3n) is 3.41. The van der Waals surface area contributed by atoms with Gasteiger partial charge in [0.2, 0.25) is 0 Å². The molecule has 1 aliphatic carbocycles. The van der Waals surface area contributed by atoms with Crippen molar-refractivity contribution in [1.82, 2.24) is 0 Å². The Morgan fingerprint density at radius 1 is 1.00 bits per heavy atom. The normalized spacial score (nSPS) is 16.5. The van der Waals surface area contributed by atoms with Gasteiger partial charge in [0.25, 0.3) is 0 Å². The van der Waals surface area contributed by atoms with Gasteiger partial charge in [-0.25, -0.2) is 0 Å². The zero-order chi connectivity index (χ0) is 13.2. The highest BCUT2D eigenvalue weighted by Gasteiger charge is 2.21. The molecule has 0 saturated carbocycles. The van der Waals surface area contributed by atoms with Crippen LogP contribution in [0, 0.1) is 0 Å². The quantitative estimate of drug-likeness (QED) is 0.694. The minimum Gasteiger partial charge on any atom is -0.289 e. The molecule has 0 aliphatic heterocycles. The smallest absolute Gasteiger partial charge is 0.189 e. The van der Waals surface area contributed by atoms with Crippen LogP contribution >= 0.6 is 11.6 Å². The first-order valence-corrected chi connectivity index (χ1v) is 6.70. The van der Waals surface area contributed by atoms with Crippen molar-refractivity contribution in [2.45, 2.75) is 12.8 Å². The van der Waals surface area contributed by atoms with E-state index in [4.69, 9.17) is 11.6 Å². The zero-order valence-electron chi connectivity index (χ0n) is 10.4. The van der Waals surface area contributed by atoms with Gasteiger partial charge in [0.1, 0.15) is 0 Å². The molecule has 19 heavy (non-hydrogen) atoms. The first-order chi connectivity index (χ1) is 9.24. The molecule has 0 heterocycles. The summed E-state index contributed by atoms with van der Waals surface area (Å²) < 4.78 is 0. The molecular formula is C17H13ClO. The van der Waals surface area contributed by atoms with Crippen molar-refractivity contribution in [2.24, 2.45) is 0 Å². The molecule has 2 aromatic rings. The van der Waals surface area contributed by atoms with Crippen molar-refractivity contribution < 1.29 is 4.79 Å². The Morgan fingerprint density at radius 2 is 1.79 bits per heavy atom. The Hall–Kier alpha value is -1.86. The van der Waals surface area contributed by atoms with Gasteiger partial charge in [0, 0.05) is 16.2 Å². The van der Waals surface area contributed by atoms with Crippen LogP contribution in [-0.4, -0.2) is 5.78 Å². The molecule has 94 valence electrons. The summed E-state index contributed by atoms with van der Waals surface area (Å²) >= 11 is 5.98. The van der Waals surface area contributed by atoms with Gasteiger partial charge < -0.3 is 0 Å². The van der Waals surface area contributed by atoms with Crippen LogP contribution in [0.15, 0.2) is 54.1 Å². The highest BCUT2D eigenvalue weighted by molar-refractivity contribution is 6.31. The molecule has 0 unspecified atom stereocenters. The average Bonchev–Trinajstić information content (AvgIpc) is 2.44. The fourth-order valence-electron chi connectivity index (χ4n) is 2.42. The number of halogens is 1. The predicted molar refractivity (Wildman–Crippen MR) is 78.5 cm³/mol. The lowest BCUT2D eigenvalue weighted by molar-refractivity contribution is 0.102. The number of aryl methyl sites for hydroxylation is 1. The number of fused-ring (bicyclic) bond motifs is 1. The first-order valence-electron chi connectivity index (χ1n) is 6.33. The summed E-state index contributed by atoms with van der Waals surface area (Å²) in [6, 6.07) is 15.5. The van der Waals surface area contributed by atoms with Gasteiger partial charge in [-0.3, -0.25) is 4.79 Å². The van der Waals surface area contributed by atoms with E-state index in [1.165, 1.54) is 0 Å². The number of ketones is 1. The van der Waals surface area contributed by atoms with E-state index in [0.29, 0.717) is 5.02 Å². The molecule has 1 nitrogen and oxygen atoms in total. The second-order valence-electron chi connectivity index (χ2n) is 4.71. The monoisotopic (exact) mass is 268 g/mol. The van der Waals surface area contributed by atoms with E-state index in [0.717, 1.165) is 35.1 Å². The Morgan fingerprint density at radius 3 is 2.58 bits per heavy atom. The Labute approximate surface area is 117 Å². The molecule has 1 aliphatic rings. The largest absolute Gasteiger partial charge is 0.289 e. The fraction of sp³-hybridized carbons (Fsp3) is 0.118. The van der Waals surface area contributed by atoms with E-state index in [2.05, 4.69) is 0 Å². The summed E-state index contributed by atoms with van der Waals surface area (Å²) in [4.78, 5) is 12.4. The third-order valence-corrected chi connectivity index (χ3v) is 3.65. The standard InChI is InChI=1S/C17H13ClO/c18-15-9-8-13-6-7-14(17(19)16(13)11-15)10-12-4-2-1-3-5-12/h1-5,8-11H,6-7H2/b14-10+. The van der Waals surface area contributed by atoms with Crippen LogP contribution in [0.25, 0.3) is 6.08 Å². The van der Waals surface area contributed by atoms with E-state index >= 15 is 0 Å². The zero-order valence-corrected chi connectivity index (χ0v) is 11.2. The highest BCUT2D eigenvalue weighted by Crippen LogP contribution is 2.28. The first kappa shape index (κ1) is 12.2. The molecule has 0 fully saturated rings. The van der Waals surface area contributed by atoms with Crippen molar-refractivity contribution in [3.05, 3.63) is 75.8 Å². The van der Waals surface area contributed by atoms with Crippen molar-refractivity contribution >= 4 is 23.5 Å². The summed E-state index contributed by atoms with van der Waals surface area (Å²) in [5.74, 6) is 0.104. The third kappa shape index (κ3) is 2.47. The van der Waals surface area contributed by atoms with Crippen LogP contribution in [-0.2, 0) is 6.42 Å². The van der Waals surface area contributed by atoms with E-state index in [9.17, 15) is 4.79 Å². The van der Waals surface area contributed by atoms with Crippen LogP contribution in [0.4, 0.5) is 0 Å². The lowest BCUT2D eigenvalue weighted by Crippen LogP contribution is -2.13. The van der Waals surface area contributed by atoms with E-state index in [1.807, 2.05) is 48.5 Å². The van der Waals surface area contributed by atoms with Gasteiger partial charge in [-0.1, -0.05) is 48.0 Å². The summed E-state index contributed by atoms with van der Waals surface area (Å²) in [6.45, 7) is 0. The van der Waals surface area contributed by atoms with Gasteiger partial charge in [-0.15, -0.1) is 0 Å². The van der Waals surface area contributed by atoms with Crippen LogP contribution < -0.4 is 0 Å². The van der Waals surface area contributed by atoms with Gasteiger partial charge in [-0.2, -0.15) is 0 Å². The van der Waals surface area contributed by atoms with Crippen LogP contribution in [0.2, 0.25) is 5.02 Å². The maximum Gasteiger partial charge on any atom is 0.189 e. The number of hydrogen-bond donors (Lipinski definition) is 0. The number of rotatable bonds is 1. The summed E-state index contributed by atoms with van der Waals surface area (Å²) in [7, 11) is 0. The van der Waals surface area contributed by atoms with Gasteiger partial charge >= 0.3 is 0 Å². The summed E-state index contributed by atoms with van der Waals surface area (Å²) in [5, 5.41) is 0.619. The van der Waals surface area contributed by atoms with Crippen LogP contribution in [0.5, 0.6) is 0 Å². The SMILES string of the molecule is O=C1/C(=C/c2ccccc2)CCc2ccc(Cl)cc21. The molecule has 0 N–H and O–H groups in total. The van der Waals surface area contributed by atoms with Gasteiger partial charge in [0.05, 0.1) is 0 Å². The maximum atomic E-state index is 12.4. The lowest BCUT2D eigenvalue weighted by Gasteiger charge is -2.17. The number of Topliss-reactive ketones (excluding diaryl/α,β-unsaturated/α-hetero) is 1. The van der Waals surface area contributed by atoms with E-state index in [-0.39, 0.29) is 5.78 Å². The molecular weight excluding hydrogens is 256 g/mol. The Bertz CT molecular complexity index is 656. The molecule has 0 saturated heterocycles. The lowest BCUT2D eigenvalue weighted by atomic mass is 9.86. The Balaban J connectivity index is 2.00. The highest BCUT2D eigenvalue weighted by atomic mass is 35.5. The second-order valence-corrected chi connectivity index (χ2v) is 5.15. The minimum atomic E-state index is 0.104. The molecule has 0 amide bonds. The van der Waals surface area contributed by atoms with E-state index < -0.39 is 0 Å². The van der Waals surface area contributed by atoms with E-state index in [1.54, 1.807) is 6.07 Å². The van der Waals surface area contributed by atoms with Crippen LogP contribution in [0.1, 0.15) is 27.9 Å². The summed E-state index contributed by atoms with van der Waals surface area (Å²) in [6.07, 6.45) is 3.67. The summed E-state index contributed by atoms with van der Waals surface area (Å²) in [5.41, 5.74) is 3.78.